The zero-order valence-electron chi connectivity index (χ0n) is 13.7. The Hall–Kier alpha value is -2.67. The van der Waals surface area contributed by atoms with E-state index in [9.17, 15) is 23.1 Å². The lowest BCUT2D eigenvalue weighted by Crippen LogP contribution is -2.44. The topological polar surface area (TPSA) is 91.8 Å². The minimum absolute atomic E-state index is 0.0107. The Labute approximate surface area is 146 Å². The first-order chi connectivity index (χ1) is 11.9. The van der Waals surface area contributed by atoms with E-state index in [0.717, 1.165) is 11.1 Å². The van der Waals surface area contributed by atoms with Crippen LogP contribution in [0, 0.1) is 6.92 Å². The average molecular weight is 361 g/mol. The number of hydrogen-bond acceptors (Lipinski definition) is 4. The number of carbonyl (C=O) groups is 2. The molecule has 25 heavy (non-hydrogen) atoms. The molecule has 2 aromatic carbocycles. The van der Waals surface area contributed by atoms with Gasteiger partial charge in [0.05, 0.1) is 4.90 Å². The standard InChI is InChI=1S/C18H19NO5S/c1-14-7-10-16(11-8-14)25(23,24)19(13-20)17(18(21)22)12-9-15-5-3-2-4-6-15/h2-8,10-11,13,17H,9,12H2,1H3,(H,21,22)/t17-/m1/s1. The third-order valence-corrected chi connectivity index (χ3v) is 5.61. The zero-order chi connectivity index (χ0) is 18.4. The van der Waals surface area contributed by atoms with Crippen molar-refractivity contribution < 1.29 is 23.1 Å². The summed E-state index contributed by atoms with van der Waals surface area (Å²) in [6, 6.07) is 13.5. The highest BCUT2D eigenvalue weighted by molar-refractivity contribution is 7.89. The number of nitrogens with zero attached hydrogens (tertiary/aromatic N) is 1. The van der Waals surface area contributed by atoms with Gasteiger partial charge in [0.1, 0.15) is 6.04 Å². The van der Waals surface area contributed by atoms with Gasteiger partial charge in [0.25, 0.3) is 10.0 Å². The van der Waals surface area contributed by atoms with E-state index in [2.05, 4.69) is 0 Å². The van der Waals surface area contributed by atoms with Crippen LogP contribution in [0.3, 0.4) is 0 Å². The van der Waals surface area contributed by atoms with Crippen molar-refractivity contribution in [3.05, 3.63) is 65.7 Å². The molecular weight excluding hydrogens is 342 g/mol. The van der Waals surface area contributed by atoms with Crippen molar-refractivity contribution in [2.45, 2.75) is 30.7 Å². The quantitative estimate of drug-likeness (QED) is 0.728. The third kappa shape index (κ3) is 4.45. The van der Waals surface area contributed by atoms with Crippen molar-refractivity contribution in [2.75, 3.05) is 0 Å². The summed E-state index contributed by atoms with van der Waals surface area (Å²) in [5.74, 6) is -1.36. The van der Waals surface area contributed by atoms with Crippen LogP contribution < -0.4 is 0 Å². The minimum atomic E-state index is -4.23. The molecule has 0 spiro atoms. The summed E-state index contributed by atoms with van der Waals surface area (Å²) in [5.41, 5.74) is 1.72. The second-order valence-corrected chi connectivity index (χ2v) is 7.47. The number of amides is 1. The molecule has 2 rings (SSSR count). The second kappa shape index (κ2) is 7.94. The van der Waals surface area contributed by atoms with Crippen LogP contribution in [0.2, 0.25) is 0 Å². The van der Waals surface area contributed by atoms with Crippen LogP contribution in [-0.4, -0.2) is 36.3 Å². The number of sulfonamides is 1. The summed E-state index contributed by atoms with van der Waals surface area (Å²) in [6.45, 7) is 1.80. The van der Waals surface area contributed by atoms with Gasteiger partial charge >= 0.3 is 5.97 Å². The molecule has 0 heterocycles. The molecule has 1 N–H and O–H groups in total. The van der Waals surface area contributed by atoms with E-state index in [1.807, 2.05) is 30.3 Å². The number of aryl methyl sites for hydroxylation is 2. The van der Waals surface area contributed by atoms with Gasteiger partial charge in [-0.3, -0.25) is 4.79 Å². The highest BCUT2D eigenvalue weighted by Gasteiger charge is 2.34. The fourth-order valence-corrected chi connectivity index (χ4v) is 3.80. The van der Waals surface area contributed by atoms with Crippen molar-refractivity contribution in [1.82, 2.24) is 4.31 Å². The van der Waals surface area contributed by atoms with Crippen molar-refractivity contribution >= 4 is 22.4 Å². The molecule has 0 radical (unpaired) electrons. The Kier molecular flexibility index (Phi) is 5.93. The maximum atomic E-state index is 12.7. The number of rotatable bonds is 8. The first kappa shape index (κ1) is 18.7. The molecule has 0 saturated heterocycles. The van der Waals surface area contributed by atoms with Gasteiger partial charge in [-0.1, -0.05) is 48.0 Å². The zero-order valence-corrected chi connectivity index (χ0v) is 14.5. The van der Waals surface area contributed by atoms with Crippen molar-refractivity contribution in [1.29, 1.82) is 0 Å². The van der Waals surface area contributed by atoms with Crippen LogP contribution in [0.25, 0.3) is 0 Å². The monoisotopic (exact) mass is 361 g/mol. The van der Waals surface area contributed by atoms with E-state index < -0.39 is 22.0 Å². The molecule has 132 valence electrons. The number of carboxylic acid groups (broad SMARTS) is 1. The highest BCUT2D eigenvalue weighted by Crippen LogP contribution is 2.20. The molecule has 0 aliphatic carbocycles. The molecule has 1 atom stereocenters. The van der Waals surface area contributed by atoms with Crippen molar-refractivity contribution in [3.63, 3.8) is 0 Å². The fourth-order valence-electron chi connectivity index (χ4n) is 2.44. The Balaban J connectivity index is 2.28. The maximum absolute atomic E-state index is 12.7. The van der Waals surface area contributed by atoms with Crippen molar-refractivity contribution in [2.24, 2.45) is 0 Å². The Morgan fingerprint density at radius 3 is 2.24 bits per heavy atom. The number of carbonyl (C=O) groups excluding carboxylic acids is 1. The van der Waals surface area contributed by atoms with Crippen LogP contribution in [0.15, 0.2) is 59.5 Å². The fraction of sp³-hybridized carbons (Fsp3) is 0.222. The van der Waals surface area contributed by atoms with Crippen LogP contribution in [0.4, 0.5) is 0 Å². The molecule has 0 aliphatic rings. The van der Waals surface area contributed by atoms with Gasteiger partial charge in [0.15, 0.2) is 0 Å². The molecule has 1 amide bonds. The number of hydrogen-bond donors (Lipinski definition) is 1. The summed E-state index contributed by atoms with van der Waals surface area (Å²) >= 11 is 0. The van der Waals surface area contributed by atoms with Gasteiger partial charge in [0, 0.05) is 0 Å². The predicted molar refractivity (Wildman–Crippen MR) is 92.5 cm³/mol. The molecule has 6 nitrogen and oxygen atoms in total. The van der Waals surface area contributed by atoms with Gasteiger partial charge in [-0.05, 0) is 37.5 Å². The van der Waals surface area contributed by atoms with Gasteiger partial charge in [-0.2, -0.15) is 0 Å². The Bertz CT molecular complexity index is 832. The summed E-state index contributed by atoms with van der Waals surface area (Å²) in [7, 11) is -4.23. The van der Waals surface area contributed by atoms with Crippen molar-refractivity contribution in [3.8, 4) is 0 Å². The van der Waals surface area contributed by atoms with Crippen LogP contribution >= 0.6 is 0 Å². The summed E-state index contributed by atoms with van der Waals surface area (Å²) in [4.78, 5) is 22.9. The van der Waals surface area contributed by atoms with Crippen LogP contribution in [0.1, 0.15) is 17.5 Å². The normalized spacial score (nSPS) is 12.4. The minimum Gasteiger partial charge on any atom is -0.480 e. The molecule has 7 heteroatoms. The van der Waals surface area contributed by atoms with E-state index in [1.54, 1.807) is 19.1 Å². The molecule has 0 aliphatic heterocycles. The van der Waals surface area contributed by atoms with Gasteiger partial charge in [0.2, 0.25) is 6.41 Å². The molecule has 0 saturated carbocycles. The number of carboxylic acids is 1. The second-order valence-electron chi connectivity index (χ2n) is 5.63. The molecule has 0 aromatic heterocycles. The molecular formula is C18H19NO5S. The van der Waals surface area contributed by atoms with Crippen LogP contribution in [-0.2, 0) is 26.0 Å². The lowest BCUT2D eigenvalue weighted by atomic mass is 10.1. The SMILES string of the molecule is Cc1ccc(S(=O)(=O)N(C=O)[C@H](CCc2ccccc2)C(=O)O)cc1. The lowest BCUT2D eigenvalue weighted by molar-refractivity contribution is -0.143. The average Bonchev–Trinajstić information content (AvgIpc) is 2.59. The summed E-state index contributed by atoms with van der Waals surface area (Å²) in [5, 5.41) is 9.44. The summed E-state index contributed by atoms with van der Waals surface area (Å²) in [6.07, 6.45) is 0.397. The number of benzene rings is 2. The summed E-state index contributed by atoms with van der Waals surface area (Å²) < 4.78 is 25.7. The molecule has 2 aromatic rings. The van der Waals surface area contributed by atoms with E-state index >= 15 is 0 Å². The Morgan fingerprint density at radius 1 is 1.12 bits per heavy atom. The first-order valence-corrected chi connectivity index (χ1v) is 9.12. The Morgan fingerprint density at radius 2 is 1.72 bits per heavy atom. The van der Waals surface area contributed by atoms with E-state index in [1.165, 1.54) is 12.1 Å². The van der Waals surface area contributed by atoms with Gasteiger partial charge in [-0.15, -0.1) is 0 Å². The number of aliphatic carboxylic acids is 1. The predicted octanol–water partition coefficient (Wildman–Crippen LogP) is 2.23. The van der Waals surface area contributed by atoms with Crippen LogP contribution in [0.5, 0.6) is 0 Å². The lowest BCUT2D eigenvalue weighted by Gasteiger charge is -2.24. The molecule has 0 fully saturated rings. The van der Waals surface area contributed by atoms with E-state index in [4.69, 9.17) is 0 Å². The molecule has 0 bridgehead atoms. The van der Waals surface area contributed by atoms with E-state index in [-0.39, 0.29) is 17.7 Å². The van der Waals surface area contributed by atoms with Gasteiger partial charge in [-0.25, -0.2) is 17.5 Å². The van der Waals surface area contributed by atoms with Gasteiger partial charge < -0.3 is 5.11 Å². The largest absolute Gasteiger partial charge is 0.480 e. The molecule has 0 unspecified atom stereocenters. The van der Waals surface area contributed by atoms with E-state index in [0.29, 0.717) is 10.7 Å². The highest BCUT2D eigenvalue weighted by atomic mass is 32.2. The smallest absolute Gasteiger partial charge is 0.327 e. The first-order valence-electron chi connectivity index (χ1n) is 7.68. The maximum Gasteiger partial charge on any atom is 0.327 e. The third-order valence-electron chi connectivity index (χ3n) is 3.84.